The van der Waals surface area contributed by atoms with Gasteiger partial charge in [0.15, 0.2) is 0 Å². The Morgan fingerprint density at radius 3 is 2.95 bits per heavy atom. The first-order chi connectivity index (χ1) is 9.52. The van der Waals surface area contributed by atoms with Crippen LogP contribution in [0.5, 0.6) is 0 Å². The smallest absolute Gasteiger partial charge is 0.0810 e. The van der Waals surface area contributed by atoms with Crippen LogP contribution in [0.4, 0.5) is 5.69 Å². The fraction of sp³-hybridized carbons (Fsp3) is 0.600. The number of hydrogen-bond donors (Lipinski definition) is 2. The Balaban J connectivity index is 2.08. The van der Waals surface area contributed by atoms with Crippen LogP contribution in [0, 0.1) is 0 Å². The minimum atomic E-state index is -0.580. The van der Waals surface area contributed by atoms with E-state index in [1.807, 2.05) is 6.92 Å². The molecule has 1 aliphatic rings. The molecule has 2 N–H and O–H groups in total. The molecule has 1 atom stereocenters. The van der Waals surface area contributed by atoms with Crippen LogP contribution in [0.1, 0.15) is 18.9 Å². The lowest BCUT2D eigenvalue weighted by Gasteiger charge is -2.24. The molecule has 0 amide bonds. The third kappa shape index (κ3) is 4.19. The van der Waals surface area contributed by atoms with Gasteiger partial charge in [0.1, 0.15) is 0 Å². The third-order valence-electron chi connectivity index (χ3n) is 3.64. The number of halogens is 1. The highest BCUT2D eigenvalue weighted by molar-refractivity contribution is 9.10. The predicted molar refractivity (Wildman–Crippen MR) is 85.2 cm³/mol. The number of hydrogen-bond acceptors (Lipinski definition) is 4. The van der Waals surface area contributed by atoms with Crippen molar-refractivity contribution in [3.05, 3.63) is 28.2 Å². The monoisotopic (exact) mass is 342 g/mol. The highest BCUT2D eigenvalue weighted by atomic mass is 79.9. The lowest BCUT2D eigenvalue weighted by atomic mass is 10.1. The number of benzene rings is 1. The Morgan fingerprint density at radius 1 is 1.50 bits per heavy atom. The molecule has 1 aromatic carbocycles. The van der Waals surface area contributed by atoms with Gasteiger partial charge in [-0.05, 0) is 31.0 Å². The van der Waals surface area contributed by atoms with Crippen molar-refractivity contribution < 1.29 is 9.84 Å². The summed E-state index contributed by atoms with van der Waals surface area (Å²) in [7, 11) is 1.71. The number of anilines is 1. The van der Waals surface area contributed by atoms with Gasteiger partial charge in [0.2, 0.25) is 0 Å². The van der Waals surface area contributed by atoms with Crippen LogP contribution in [-0.2, 0) is 11.3 Å². The third-order valence-corrected chi connectivity index (χ3v) is 4.13. The number of β-amino-alcohol motifs (C(OH)–C–C–N with tert-alkyl or cyclic N) is 1. The fourth-order valence-electron chi connectivity index (χ4n) is 2.53. The number of nitrogens with zero attached hydrogens (tertiary/aromatic N) is 1. The van der Waals surface area contributed by atoms with Crippen LogP contribution in [0.15, 0.2) is 22.7 Å². The van der Waals surface area contributed by atoms with Crippen molar-refractivity contribution >= 4 is 21.6 Å². The maximum Gasteiger partial charge on any atom is 0.0810 e. The summed E-state index contributed by atoms with van der Waals surface area (Å²) < 4.78 is 6.11. The maximum absolute atomic E-state index is 10.1. The Hall–Kier alpha value is -0.620. The van der Waals surface area contributed by atoms with Crippen molar-refractivity contribution in [1.82, 2.24) is 5.32 Å². The Kier molecular flexibility index (Phi) is 5.43. The van der Waals surface area contributed by atoms with Gasteiger partial charge < -0.3 is 20.1 Å². The van der Waals surface area contributed by atoms with Gasteiger partial charge in [0.05, 0.1) is 12.2 Å². The second-order valence-corrected chi connectivity index (χ2v) is 6.53. The molecule has 1 aromatic rings. The highest BCUT2D eigenvalue weighted by Crippen LogP contribution is 2.31. The van der Waals surface area contributed by atoms with E-state index < -0.39 is 5.60 Å². The van der Waals surface area contributed by atoms with Gasteiger partial charge in [0.25, 0.3) is 0 Å². The van der Waals surface area contributed by atoms with Gasteiger partial charge >= 0.3 is 0 Å². The molecule has 0 aliphatic carbocycles. The molecular formula is C15H23BrN2O2. The molecule has 1 fully saturated rings. The van der Waals surface area contributed by atoms with Gasteiger partial charge in [-0.1, -0.05) is 22.0 Å². The van der Waals surface area contributed by atoms with E-state index in [9.17, 15) is 5.11 Å². The highest BCUT2D eigenvalue weighted by Gasteiger charge is 2.32. The quantitative estimate of drug-likeness (QED) is 0.777. The molecule has 0 radical (unpaired) electrons. The van der Waals surface area contributed by atoms with Crippen LogP contribution in [0.3, 0.4) is 0 Å². The lowest BCUT2D eigenvalue weighted by Crippen LogP contribution is -2.30. The standard InChI is InChI=1S/C15H23BrN2O2/c1-15(19)5-7-18(11-15)14-9-13(16)4-3-12(14)10-17-6-8-20-2/h3-4,9,17,19H,5-8,10-11H2,1-2H3. The summed E-state index contributed by atoms with van der Waals surface area (Å²) in [6.07, 6.45) is 0.816. The van der Waals surface area contributed by atoms with E-state index in [2.05, 4.69) is 44.3 Å². The number of aliphatic hydroxyl groups is 1. The molecule has 1 heterocycles. The van der Waals surface area contributed by atoms with E-state index in [1.165, 1.54) is 11.3 Å². The van der Waals surface area contributed by atoms with Crippen molar-refractivity contribution in [1.29, 1.82) is 0 Å². The molecule has 0 bridgehead atoms. The second kappa shape index (κ2) is 6.89. The second-order valence-electron chi connectivity index (χ2n) is 5.61. The van der Waals surface area contributed by atoms with Crippen LogP contribution in [0.25, 0.3) is 0 Å². The molecule has 1 unspecified atom stereocenters. The first-order valence-corrected chi connectivity index (χ1v) is 7.76. The fourth-order valence-corrected chi connectivity index (χ4v) is 2.88. The van der Waals surface area contributed by atoms with Crippen LogP contribution >= 0.6 is 15.9 Å². The van der Waals surface area contributed by atoms with E-state index in [-0.39, 0.29) is 0 Å². The molecule has 112 valence electrons. The van der Waals surface area contributed by atoms with E-state index in [0.717, 1.165) is 30.5 Å². The summed E-state index contributed by atoms with van der Waals surface area (Å²) in [4.78, 5) is 2.26. The van der Waals surface area contributed by atoms with Gasteiger partial charge in [0, 0.05) is 43.4 Å². The minimum Gasteiger partial charge on any atom is -0.388 e. The lowest BCUT2D eigenvalue weighted by molar-refractivity contribution is 0.0839. The Bertz CT molecular complexity index is 451. The van der Waals surface area contributed by atoms with Crippen LogP contribution < -0.4 is 10.2 Å². The Morgan fingerprint density at radius 2 is 2.30 bits per heavy atom. The zero-order chi connectivity index (χ0) is 14.6. The molecule has 0 spiro atoms. The molecule has 20 heavy (non-hydrogen) atoms. The molecule has 1 saturated heterocycles. The van der Waals surface area contributed by atoms with E-state index in [0.29, 0.717) is 13.2 Å². The topological polar surface area (TPSA) is 44.7 Å². The first kappa shape index (κ1) is 15.8. The van der Waals surface area contributed by atoms with Crippen molar-refractivity contribution in [2.24, 2.45) is 0 Å². The average Bonchev–Trinajstić information content (AvgIpc) is 2.76. The predicted octanol–water partition coefficient (Wildman–Crippen LogP) is 2.15. The van der Waals surface area contributed by atoms with Crippen molar-refractivity contribution in [3.8, 4) is 0 Å². The summed E-state index contributed by atoms with van der Waals surface area (Å²) in [5.74, 6) is 0. The van der Waals surface area contributed by atoms with Gasteiger partial charge in [-0.3, -0.25) is 0 Å². The summed E-state index contributed by atoms with van der Waals surface area (Å²) >= 11 is 3.54. The largest absolute Gasteiger partial charge is 0.388 e. The number of nitrogens with one attached hydrogen (secondary N) is 1. The van der Waals surface area contributed by atoms with Crippen molar-refractivity contribution in [3.63, 3.8) is 0 Å². The molecule has 0 aromatic heterocycles. The summed E-state index contributed by atoms with van der Waals surface area (Å²) in [5.41, 5.74) is 1.87. The van der Waals surface area contributed by atoms with Gasteiger partial charge in [-0.2, -0.15) is 0 Å². The number of ether oxygens (including phenoxy) is 1. The van der Waals surface area contributed by atoms with Crippen molar-refractivity contribution in [2.75, 3.05) is 38.3 Å². The van der Waals surface area contributed by atoms with Crippen LogP contribution in [0.2, 0.25) is 0 Å². The molecule has 5 heteroatoms. The SMILES string of the molecule is COCCNCc1ccc(Br)cc1N1CCC(C)(O)C1. The summed E-state index contributed by atoms with van der Waals surface area (Å²) in [5, 5.41) is 13.5. The minimum absolute atomic E-state index is 0.580. The van der Waals surface area contributed by atoms with E-state index in [1.54, 1.807) is 7.11 Å². The average molecular weight is 343 g/mol. The van der Waals surface area contributed by atoms with E-state index in [4.69, 9.17) is 4.74 Å². The molecule has 1 aliphatic heterocycles. The van der Waals surface area contributed by atoms with Crippen LogP contribution in [-0.4, -0.2) is 44.1 Å². The molecule has 4 nitrogen and oxygen atoms in total. The zero-order valence-electron chi connectivity index (χ0n) is 12.2. The molecule has 2 rings (SSSR count). The maximum atomic E-state index is 10.1. The molecule has 0 saturated carbocycles. The van der Waals surface area contributed by atoms with Gasteiger partial charge in [-0.15, -0.1) is 0 Å². The van der Waals surface area contributed by atoms with E-state index >= 15 is 0 Å². The number of methoxy groups -OCH3 is 1. The Labute approximate surface area is 129 Å². The zero-order valence-corrected chi connectivity index (χ0v) is 13.7. The first-order valence-electron chi connectivity index (χ1n) is 6.97. The number of rotatable bonds is 6. The van der Waals surface area contributed by atoms with Crippen molar-refractivity contribution in [2.45, 2.75) is 25.5 Å². The molecular weight excluding hydrogens is 320 g/mol. The summed E-state index contributed by atoms with van der Waals surface area (Å²) in [6.45, 7) is 5.85. The normalized spacial score (nSPS) is 22.5. The summed E-state index contributed by atoms with van der Waals surface area (Å²) in [6, 6.07) is 6.33. The van der Waals surface area contributed by atoms with Gasteiger partial charge in [-0.25, -0.2) is 0 Å².